The van der Waals surface area contributed by atoms with Crippen molar-refractivity contribution in [2.45, 2.75) is 6.61 Å². The Hall–Kier alpha value is -1.26. The molecule has 96 valence electrons. The average molecular weight is 381 g/mol. The van der Waals surface area contributed by atoms with Gasteiger partial charge in [0.25, 0.3) is 0 Å². The molecule has 4 heteroatoms. The Balaban J connectivity index is 1.81. The first-order chi connectivity index (χ1) is 9.22. The first-order valence-electron chi connectivity index (χ1n) is 5.86. The number of hydrogen-bond donors (Lipinski definition) is 1. The fraction of sp³-hybridized carbons (Fsp3) is 0.0667. The highest BCUT2D eigenvalue weighted by molar-refractivity contribution is 9.10. The molecule has 0 aliphatic heterocycles. The predicted molar refractivity (Wildman–Crippen MR) is 84.5 cm³/mol. The van der Waals surface area contributed by atoms with Gasteiger partial charge in [0, 0.05) is 26.0 Å². The van der Waals surface area contributed by atoms with Crippen LogP contribution in [0.5, 0.6) is 5.75 Å². The van der Waals surface area contributed by atoms with Crippen molar-refractivity contribution in [1.82, 2.24) is 4.98 Å². The van der Waals surface area contributed by atoms with Gasteiger partial charge in [-0.25, -0.2) is 0 Å². The van der Waals surface area contributed by atoms with E-state index in [1.807, 2.05) is 30.5 Å². The summed E-state index contributed by atoms with van der Waals surface area (Å²) >= 11 is 6.91. The molecule has 0 aliphatic carbocycles. The average Bonchev–Trinajstić information content (AvgIpc) is 2.80. The molecular weight excluding hydrogens is 370 g/mol. The van der Waals surface area contributed by atoms with Crippen molar-refractivity contribution in [3.63, 3.8) is 0 Å². The van der Waals surface area contributed by atoms with Crippen LogP contribution in [0.2, 0.25) is 0 Å². The Kier molecular flexibility index (Phi) is 3.62. The molecule has 2 aromatic carbocycles. The quantitative estimate of drug-likeness (QED) is 0.657. The molecule has 19 heavy (non-hydrogen) atoms. The highest BCUT2D eigenvalue weighted by atomic mass is 79.9. The Bertz CT molecular complexity index is 704. The third-order valence-corrected chi connectivity index (χ3v) is 3.94. The van der Waals surface area contributed by atoms with Crippen molar-refractivity contribution in [2.24, 2.45) is 0 Å². The van der Waals surface area contributed by atoms with Crippen LogP contribution in [0.1, 0.15) is 5.56 Å². The van der Waals surface area contributed by atoms with Gasteiger partial charge in [-0.05, 0) is 35.9 Å². The van der Waals surface area contributed by atoms with E-state index in [0.717, 1.165) is 31.2 Å². The molecule has 1 heterocycles. The van der Waals surface area contributed by atoms with E-state index in [1.165, 1.54) is 0 Å². The van der Waals surface area contributed by atoms with Gasteiger partial charge < -0.3 is 9.72 Å². The first kappa shape index (κ1) is 12.8. The zero-order valence-corrected chi connectivity index (χ0v) is 13.2. The SMILES string of the molecule is Brc1ccc(COc2c[nH]c3ccc(Br)cc23)cc1. The van der Waals surface area contributed by atoms with Gasteiger partial charge in [-0.3, -0.25) is 0 Å². The van der Waals surface area contributed by atoms with Crippen LogP contribution in [0, 0.1) is 0 Å². The number of aromatic nitrogens is 1. The zero-order valence-electron chi connectivity index (χ0n) is 9.99. The number of H-pyrrole nitrogens is 1. The highest BCUT2D eigenvalue weighted by Crippen LogP contribution is 2.28. The molecule has 1 aromatic heterocycles. The fourth-order valence-electron chi connectivity index (χ4n) is 1.93. The van der Waals surface area contributed by atoms with Crippen molar-refractivity contribution < 1.29 is 4.74 Å². The lowest BCUT2D eigenvalue weighted by Crippen LogP contribution is -1.94. The van der Waals surface area contributed by atoms with E-state index >= 15 is 0 Å². The van der Waals surface area contributed by atoms with Crippen molar-refractivity contribution in [2.75, 3.05) is 0 Å². The van der Waals surface area contributed by atoms with Gasteiger partial charge in [0.15, 0.2) is 0 Å². The predicted octanol–water partition coefficient (Wildman–Crippen LogP) is 5.27. The van der Waals surface area contributed by atoms with Crippen LogP contribution in [0.4, 0.5) is 0 Å². The van der Waals surface area contributed by atoms with Crippen LogP contribution >= 0.6 is 31.9 Å². The van der Waals surface area contributed by atoms with E-state index in [1.54, 1.807) is 0 Å². The molecule has 0 unspecified atom stereocenters. The molecule has 0 aliphatic rings. The maximum atomic E-state index is 5.87. The summed E-state index contributed by atoms with van der Waals surface area (Å²) in [6.45, 7) is 0.562. The summed E-state index contributed by atoms with van der Waals surface area (Å²) in [6, 6.07) is 14.2. The number of hydrogen-bond acceptors (Lipinski definition) is 1. The van der Waals surface area contributed by atoms with Crippen LogP contribution in [-0.4, -0.2) is 4.98 Å². The number of fused-ring (bicyclic) bond motifs is 1. The Morgan fingerprint density at radius 3 is 2.47 bits per heavy atom. The molecule has 0 saturated carbocycles. The molecule has 0 bridgehead atoms. The lowest BCUT2D eigenvalue weighted by atomic mass is 10.2. The third-order valence-electron chi connectivity index (χ3n) is 2.91. The minimum absolute atomic E-state index is 0.562. The number of halogens is 2. The van der Waals surface area contributed by atoms with Crippen LogP contribution in [0.3, 0.4) is 0 Å². The van der Waals surface area contributed by atoms with Crippen molar-refractivity contribution in [1.29, 1.82) is 0 Å². The number of benzene rings is 2. The van der Waals surface area contributed by atoms with Crippen LogP contribution < -0.4 is 4.74 Å². The number of nitrogens with one attached hydrogen (secondary N) is 1. The van der Waals surface area contributed by atoms with E-state index < -0.39 is 0 Å². The smallest absolute Gasteiger partial charge is 0.145 e. The minimum atomic E-state index is 0.562. The van der Waals surface area contributed by atoms with Gasteiger partial charge >= 0.3 is 0 Å². The monoisotopic (exact) mass is 379 g/mol. The summed E-state index contributed by atoms with van der Waals surface area (Å²) in [5.74, 6) is 0.874. The molecule has 0 atom stereocenters. The molecular formula is C15H11Br2NO. The summed E-state index contributed by atoms with van der Waals surface area (Å²) < 4.78 is 8.00. The van der Waals surface area contributed by atoms with Gasteiger partial charge in [0.05, 0.1) is 0 Å². The zero-order chi connectivity index (χ0) is 13.2. The summed E-state index contributed by atoms with van der Waals surface area (Å²) in [5, 5.41) is 1.09. The molecule has 0 spiro atoms. The van der Waals surface area contributed by atoms with E-state index in [2.05, 4.69) is 55.0 Å². The molecule has 0 saturated heterocycles. The van der Waals surface area contributed by atoms with Gasteiger partial charge in [0.2, 0.25) is 0 Å². The standard InChI is InChI=1S/C15H11Br2NO/c16-11-3-1-10(2-4-11)9-19-15-8-18-14-6-5-12(17)7-13(14)15/h1-8,18H,9H2. The van der Waals surface area contributed by atoms with E-state index in [9.17, 15) is 0 Å². The van der Waals surface area contributed by atoms with Crippen LogP contribution in [-0.2, 0) is 6.61 Å². The summed E-state index contributed by atoms with van der Waals surface area (Å²) in [5.41, 5.74) is 2.22. The molecule has 0 amide bonds. The maximum absolute atomic E-state index is 5.87. The van der Waals surface area contributed by atoms with Gasteiger partial charge in [0.1, 0.15) is 12.4 Å². The van der Waals surface area contributed by atoms with Crippen molar-refractivity contribution >= 4 is 42.8 Å². The van der Waals surface area contributed by atoms with Gasteiger partial charge in [-0.15, -0.1) is 0 Å². The summed E-state index contributed by atoms with van der Waals surface area (Å²) in [4.78, 5) is 3.21. The highest BCUT2D eigenvalue weighted by Gasteiger charge is 2.05. The molecule has 0 radical (unpaired) electrons. The first-order valence-corrected chi connectivity index (χ1v) is 7.45. The van der Waals surface area contributed by atoms with E-state index in [4.69, 9.17) is 4.74 Å². The number of rotatable bonds is 3. The largest absolute Gasteiger partial charge is 0.487 e. The Labute approximate surface area is 128 Å². The second-order valence-electron chi connectivity index (χ2n) is 4.26. The van der Waals surface area contributed by atoms with E-state index in [0.29, 0.717) is 6.61 Å². The van der Waals surface area contributed by atoms with Crippen LogP contribution in [0.15, 0.2) is 57.6 Å². The second kappa shape index (κ2) is 5.39. The molecule has 3 aromatic rings. The fourth-order valence-corrected chi connectivity index (χ4v) is 2.55. The van der Waals surface area contributed by atoms with Crippen molar-refractivity contribution in [3.8, 4) is 5.75 Å². The maximum Gasteiger partial charge on any atom is 0.145 e. The van der Waals surface area contributed by atoms with Gasteiger partial charge in [-0.2, -0.15) is 0 Å². The molecule has 3 rings (SSSR count). The van der Waals surface area contributed by atoms with E-state index in [-0.39, 0.29) is 0 Å². The minimum Gasteiger partial charge on any atom is -0.487 e. The molecule has 1 N–H and O–H groups in total. The summed E-state index contributed by atoms with van der Waals surface area (Å²) in [7, 11) is 0. The molecule has 0 fully saturated rings. The Morgan fingerprint density at radius 1 is 0.947 bits per heavy atom. The lowest BCUT2D eigenvalue weighted by molar-refractivity contribution is 0.310. The number of aromatic amines is 1. The van der Waals surface area contributed by atoms with Crippen LogP contribution in [0.25, 0.3) is 10.9 Å². The van der Waals surface area contributed by atoms with Gasteiger partial charge in [-0.1, -0.05) is 44.0 Å². The lowest BCUT2D eigenvalue weighted by Gasteiger charge is -2.05. The Morgan fingerprint density at radius 2 is 1.68 bits per heavy atom. The topological polar surface area (TPSA) is 25.0 Å². The second-order valence-corrected chi connectivity index (χ2v) is 6.09. The third kappa shape index (κ3) is 2.85. The number of ether oxygens (including phenoxy) is 1. The normalized spacial score (nSPS) is 10.8. The molecule has 2 nitrogen and oxygen atoms in total. The van der Waals surface area contributed by atoms with Crippen molar-refractivity contribution in [3.05, 3.63) is 63.2 Å². The summed E-state index contributed by atoms with van der Waals surface area (Å²) in [6.07, 6.45) is 1.90.